The van der Waals surface area contributed by atoms with Gasteiger partial charge in [0.1, 0.15) is 5.82 Å². The first kappa shape index (κ1) is 6.58. The van der Waals surface area contributed by atoms with Gasteiger partial charge in [0.15, 0.2) is 5.78 Å². The average molecular weight is 150 g/mol. The van der Waals surface area contributed by atoms with Crippen LogP contribution < -0.4 is 0 Å². The molecular weight excluding hydrogens is 140 g/mol. The Morgan fingerprint density at radius 2 is 2.36 bits per heavy atom. The highest BCUT2D eigenvalue weighted by molar-refractivity contribution is 5.79. The van der Waals surface area contributed by atoms with Gasteiger partial charge in [-0.3, -0.25) is 4.79 Å². The molecule has 0 aliphatic carbocycles. The van der Waals surface area contributed by atoms with Crippen molar-refractivity contribution < 1.29 is 4.79 Å². The second-order valence-corrected chi connectivity index (χ2v) is 2.92. The molecule has 0 radical (unpaired) electrons. The van der Waals surface area contributed by atoms with Gasteiger partial charge in [-0.25, -0.2) is 4.98 Å². The van der Waals surface area contributed by atoms with Gasteiger partial charge in [-0.1, -0.05) is 0 Å². The van der Waals surface area contributed by atoms with Gasteiger partial charge in [0.05, 0.1) is 6.54 Å². The largest absolute Gasteiger partial charge is 0.325 e. The zero-order valence-corrected chi connectivity index (χ0v) is 6.50. The molecule has 2 rings (SSSR count). The Bertz CT molecular complexity index is 301. The lowest BCUT2D eigenvalue weighted by atomic mass is 10.1. The molecule has 0 unspecified atom stereocenters. The number of aromatic nitrogens is 2. The molecule has 2 heterocycles. The van der Waals surface area contributed by atoms with E-state index in [1.54, 1.807) is 0 Å². The molecule has 0 bridgehead atoms. The van der Waals surface area contributed by atoms with Crippen LogP contribution in [0.25, 0.3) is 0 Å². The van der Waals surface area contributed by atoms with E-state index in [-0.39, 0.29) is 0 Å². The summed E-state index contributed by atoms with van der Waals surface area (Å²) in [5.74, 6) is 1.27. The fourth-order valence-electron chi connectivity index (χ4n) is 1.45. The number of aryl methyl sites for hydroxylation is 2. The smallest absolute Gasteiger partial charge is 0.152 e. The third-order valence-corrected chi connectivity index (χ3v) is 2.13. The van der Waals surface area contributed by atoms with E-state index >= 15 is 0 Å². The molecule has 58 valence electrons. The van der Waals surface area contributed by atoms with Crippen LogP contribution in [-0.4, -0.2) is 15.3 Å². The number of nitrogens with zero attached hydrogens (tertiary/aromatic N) is 2. The Morgan fingerprint density at radius 1 is 1.55 bits per heavy atom. The van der Waals surface area contributed by atoms with Crippen molar-refractivity contribution in [3.05, 3.63) is 17.7 Å². The summed E-state index contributed by atoms with van der Waals surface area (Å²) in [7, 11) is 0. The van der Waals surface area contributed by atoms with Crippen LogP contribution in [0.5, 0.6) is 0 Å². The molecule has 3 heteroatoms. The highest BCUT2D eigenvalue weighted by atomic mass is 16.1. The number of hydrogen-bond donors (Lipinski definition) is 0. The van der Waals surface area contributed by atoms with E-state index in [1.807, 2.05) is 17.7 Å². The van der Waals surface area contributed by atoms with E-state index in [0.29, 0.717) is 18.7 Å². The van der Waals surface area contributed by atoms with Crippen LogP contribution in [0.15, 0.2) is 6.20 Å². The molecule has 0 amide bonds. The first-order valence-electron chi connectivity index (χ1n) is 3.80. The molecule has 3 nitrogen and oxygen atoms in total. The van der Waals surface area contributed by atoms with Gasteiger partial charge in [-0.05, 0) is 13.3 Å². The molecule has 11 heavy (non-hydrogen) atoms. The normalized spacial score (nSPS) is 16.6. The molecule has 0 N–H and O–H groups in total. The summed E-state index contributed by atoms with van der Waals surface area (Å²) >= 11 is 0. The zero-order valence-electron chi connectivity index (χ0n) is 6.50. The standard InChI is InChI=1S/C8H10N2O/c1-6-9-4-7-2-3-8(11)5-10(6)7/h4H,2-3,5H2,1H3. The quantitative estimate of drug-likeness (QED) is 0.545. The van der Waals surface area contributed by atoms with Crippen LogP contribution in [0.2, 0.25) is 0 Å². The molecule has 0 aromatic carbocycles. The summed E-state index contributed by atoms with van der Waals surface area (Å²) in [5.41, 5.74) is 1.20. The molecule has 1 aromatic rings. The van der Waals surface area contributed by atoms with Crippen LogP contribution in [0.1, 0.15) is 17.9 Å². The SMILES string of the molecule is Cc1ncc2n1CC(=O)CC2. The van der Waals surface area contributed by atoms with Gasteiger partial charge in [0.25, 0.3) is 0 Å². The first-order valence-corrected chi connectivity index (χ1v) is 3.80. The van der Waals surface area contributed by atoms with Crippen LogP contribution in [0.4, 0.5) is 0 Å². The van der Waals surface area contributed by atoms with E-state index in [0.717, 1.165) is 12.2 Å². The number of imidazole rings is 1. The Balaban J connectivity index is 2.45. The van der Waals surface area contributed by atoms with Gasteiger partial charge < -0.3 is 4.57 Å². The molecule has 1 aromatic heterocycles. The van der Waals surface area contributed by atoms with Crippen molar-refractivity contribution in [2.24, 2.45) is 0 Å². The third-order valence-electron chi connectivity index (χ3n) is 2.13. The molecular formula is C8H10N2O. The number of rotatable bonds is 0. The van der Waals surface area contributed by atoms with Crippen LogP contribution in [0.3, 0.4) is 0 Å². The number of hydrogen-bond acceptors (Lipinski definition) is 2. The maximum absolute atomic E-state index is 11.0. The van der Waals surface area contributed by atoms with Crippen molar-refractivity contribution in [1.29, 1.82) is 0 Å². The maximum Gasteiger partial charge on any atom is 0.152 e. The summed E-state index contributed by atoms with van der Waals surface area (Å²) in [6.45, 7) is 2.46. The third kappa shape index (κ3) is 0.964. The summed E-state index contributed by atoms with van der Waals surface area (Å²) in [4.78, 5) is 15.2. The number of carbonyl (C=O) groups is 1. The molecule has 0 spiro atoms. The van der Waals surface area contributed by atoms with Crippen molar-refractivity contribution in [2.75, 3.05) is 0 Å². The fraction of sp³-hybridized carbons (Fsp3) is 0.500. The molecule has 0 atom stereocenters. The lowest BCUT2D eigenvalue weighted by Crippen LogP contribution is -2.19. The van der Waals surface area contributed by atoms with Gasteiger partial charge in [-0.2, -0.15) is 0 Å². The van der Waals surface area contributed by atoms with E-state index in [4.69, 9.17) is 0 Å². The van der Waals surface area contributed by atoms with E-state index in [9.17, 15) is 4.79 Å². The lowest BCUT2D eigenvalue weighted by Gasteiger charge is -2.13. The molecule has 0 fully saturated rings. The van der Waals surface area contributed by atoms with Crippen molar-refractivity contribution in [2.45, 2.75) is 26.3 Å². The minimum absolute atomic E-state index is 0.318. The Kier molecular flexibility index (Phi) is 1.31. The molecule has 1 aliphatic heterocycles. The summed E-state index contributed by atoms with van der Waals surface area (Å²) in [6.07, 6.45) is 3.41. The van der Waals surface area contributed by atoms with Crippen molar-refractivity contribution >= 4 is 5.78 Å². The van der Waals surface area contributed by atoms with Crippen LogP contribution in [-0.2, 0) is 17.8 Å². The van der Waals surface area contributed by atoms with Gasteiger partial charge >= 0.3 is 0 Å². The first-order chi connectivity index (χ1) is 5.27. The van der Waals surface area contributed by atoms with Crippen LogP contribution >= 0.6 is 0 Å². The predicted molar refractivity (Wildman–Crippen MR) is 40.3 cm³/mol. The van der Waals surface area contributed by atoms with E-state index in [1.165, 1.54) is 5.69 Å². The highest BCUT2D eigenvalue weighted by Crippen LogP contribution is 2.13. The number of ketones is 1. The second-order valence-electron chi connectivity index (χ2n) is 2.92. The van der Waals surface area contributed by atoms with Gasteiger partial charge in [0.2, 0.25) is 0 Å². The summed E-state index contributed by atoms with van der Waals surface area (Å²) in [5, 5.41) is 0. The lowest BCUT2D eigenvalue weighted by molar-refractivity contribution is -0.120. The number of carbonyl (C=O) groups excluding carboxylic acids is 1. The van der Waals surface area contributed by atoms with E-state index < -0.39 is 0 Å². The topological polar surface area (TPSA) is 34.9 Å². The summed E-state index contributed by atoms with van der Waals surface area (Å²) < 4.78 is 1.99. The maximum atomic E-state index is 11.0. The Hall–Kier alpha value is -1.12. The molecule has 0 saturated carbocycles. The Labute approximate surface area is 65.1 Å². The van der Waals surface area contributed by atoms with Gasteiger partial charge in [-0.15, -0.1) is 0 Å². The zero-order chi connectivity index (χ0) is 7.84. The van der Waals surface area contributed by atoms with Crippen molar-refractivity contribution in [3.63, 3.8) is 0 Å². The minimum atomic E-state index is 0.318. The predicted octanol–water partition coefficient (Wildman–Crippen LogP) is 0.707. The minimum Gasteiger partial charge on any atom is -0.325 e. The van der Waals surface area contributed by atoms with E-state index in [2.05, 4.69) is 4.98 Å². The van der Waals surface area contributed by atoms with Gasteiger partial charge in [0, 0.05) is 18.3 Å². The van der Waals surface area contributed by atoms with Crippen molar-refractivity contribution in [1.82, 2.24) is 9.55 Å². The molecule has 1 aliphatic rings. The second kappa shape index (κ2) is 2.19. The van der Waals surface area contributed by atoms with Crippen LogP contribution in [0, 0.1) is 6.92 Å². The fourth-order valence-corrected chi connectivity index (χ4v) is 1.45. The monoisotopic (exact) mass is 150 g/mol. The molecule has 0 saturated heterocycles. The Morgan fingerprint density at radius 3 is 3.18 bits per heavy atom. The number of Topliss-reactive ketones (excluding diaryl/α,β-unsaturated/α-hetero) is 1. The highest BCUT2D eigenvalue weighted by Gasteiger charge is 2.16. The number of fused-ring (bicyclic) bond motifs is 1. The summed E-state index contributed by atoms with van der Waals surface area (Å²) in [6, 6.07) is 0. The average Bonchev–Trinajstić information content (AvgIpc) is 2.33. The van der Waals surface area contributed by atoms with Crippen molar-refractivity contribution in [3.8, 4) is 0 Å².